The molecule has 1 N–H and O–H groups in total. The Morgan fingerprint density at radius 3 is 3.00 bits per heavy atom. The van der Waals surface area contributed by atoms with Crippen molar-refractivity contribution in [3.05, 3.63) is 17.5 Å². The van der Waals surface area contributed by atoms with Crippen LogP contribution in [0.1, 0.15) is 43.4 Å². The van der Waals surface area contributed by atoms with Gasteiger partial charge in [-0.25, -0.2) is 0 Å². The maximum Gasteiger partial charge on any atom is 0.239 e. The number of H-pyrrole nitrogens is 1. The van der Waals surface area contributed by atoms with Crippen molar-refractivity contribution >= 4 is 5.91 Å². The molecule has 1 aromatic rings. The summed E-state index contributed by atoms with van der Waals surface area (Å²) in [6.07, 6.45) is 4.50. The van der Waals surface area contributed by atoms with E-state index in [0.29, 0.717) is 18.9 Å². The number of nitrogens with zero attached hydrogens (tertiary/aromatic N) is 5. The van der Waals surface area contributed by atoms with E-state index in [1.54, 1.807) is 11.9 Å². The van der Waals surface area contributed by atoms with Crippen molar-refractivity contribution in [2.24, 2.45) is 0 Å². The summed E-state index contributed by atoms with van der Waals surface area (Å²) in [5.41, 5.74) is 2.48. The number of amides is 1. The standard InChI is InChI=1S/C20H32N6O2/c1-16(20(27)24(2)7-4-6-21)26-8-3-5-17(15-26)19-18(13-22-23-19)14-25-9-11-28-12-10-25/h13,16-17H,3-5,7-12,14-15H2,1-2H3,(H,22,23)/t16-,17+/m1/s1. The molecule has 0 bridgehead atoms. The van der Waals surface area contributed by atoms with E-state index in [4.69, 9.17) is 10.00 Å². The number of nitrogens with one attached hydrogen (secondary N) is 1. The highest BCUT2D eigenvalue weighted by Crippen LogP contribution is 2.29. The number of carbonyl (C=O) groups excluding carboxylic acids is 1. The van der Waals surface area contributed by atoms with Crippen LogP contribution >= 0.6 is 0 Å². The Morgan fingerprint density at radius 2 is 2.25 bits per heavy atom. The normalized spacial score (nSPS) is 22.5. The van der Waals surface area contributed by atoms with Crippen LogP contribution in [-0.2, 0) is 16.1 Å². The number of morpholine rings is 1. The number of rotatable bonds is 7. The molecule has 2 atom stereocenters. The second-order valence-electron chi connectivity index (χ2n) is 7.88. The molecule has 1 amide bonds. The first-order valence-electron chi connectivity index (χ1n) is 10.3. The number of hydrogen-bond acceptors (Lipinski definition) is 6. The molecule has 2 saturated heterocycles. The van der Waals surface area contributed by atoms with Crippen LogP contribution in [0, 0.1) is 11.3 Å². The average molecular weight is 389 g/mol. The van der Waals surface area contributed by atoms with Crippen LogP contribution in [0.3, 0.4) is 0 Å². The molecular formula is C20H32N6O2. The third-order valence-corrected chi connectivity index (χ3v) is 5.95. The Kier molecular flexibility index (Phi) is 7.43. The molecule has 8 nitrogen and oxygen atoms in total. The number of piperidine rings is 1. The van der Waals surface area contributed by atoms with Crippen LogP contribution in [0.5, 0.6) is 0 Å². The van der Waals surface area contributed by atoms with Gasteiger partial charge in [-0.15, -0.1) is 0 Å². The number of carbonyl (C=O) groups is 1. The van der Waals surface area contributed by atoms with E-state index in [9.17, 15) is 4.79 Å². The van der Waals surface area contributed by atoms with Gasteiger partial charge in [0.25, 0.3) is 0 Å². The number of hydrogen-bond donors (Lipinski definition) is 1. The van der Waals surface area contributed by atoms with Crippen molar-refractivity contribution in [1.29, 1.82) is 5.26 Å². The van der Waals surface area contributed by atoms with E-state index in [1.807, 2.05) is 13.1 Å². The molecule has 0 radical (unpaired) electrons. The van der Waals surface area contributed by atoms with Crippen LogP contribution in [0.2, 0.25) is 0 Å². The summed E-state index contributed by atoms with van der Waals surface area (Å²) in [7, 11) is 1.78. The predicted octanol–water partition coefficient (Wildman–Crippen LogP) is 1.18. The molecule has 154 valence electrons. The zero-order chi connectivity index (χ0) is 19.9. The van der Waals surface area contributed by atoms with Gasteiger partial charge in [0, 0.05) is 56.9 Å². The maximum atomic E-state index is 12.7. The third-order valence-electron chi connectivity index (χ3n) is 5.95. The van der Waals surface area contributed by atoms with Crippen molar-refractivity contribution in [3.63, 3.8) is 0 Å². The number of nitriles is 1. The van der Waals surface area contributed by atoms with E-state index in [-0.39, 0.29) is 11.9 Å². The van der Waals surface area contributed by atoms with E-state index in [1.165, 1.54) is 11.3 Å². The van der Waals surface area contributed by atoms with Crippen LogP contribution in [0.4, 0.5) is 0 Å². The molecule has 3 rings (SSSR count). The van der Waals surface area contributed by atoms with Gasteiger partial charge in [-0.05, 0) is 26.3 Å². The lowest BCUT2D eigenvalue weighted by molar-refractivity contribution is -0.135. The summed E-state index contributed by atoms with van der Waals surface area (Å²) in [5, 5.41) is 16.3. The number of aromatic amines is 1. The van der Waals surface area contributed by atoms with Gasteiger partial charge in [-0.3, -0.25) is 19.7 Å². The van der Waals surface area contributed by atoms with Gasteiger partial charge >= 0.3 is 0 Å². The first-order valence-corrected chi connectivity index (χ1v) is 10.3. The summed E-state index contributed by atoms with van der Waals surface area (Å²) in [6, 6.07) is 1.94. The molecule has 1 aromatic heterocycles. The number of likely N-dealkylation sites (tertiary alicyclic amines) is 1. The Labute approximate surface area is 167 Å². The van der Waals surface area contributed by atoms with Crippen molar-refractivity contribution in [2.45, 2.75) is 44.7 Å². The SMILES string of the molecule is C[C@H](C(=O)N(C)CCC#N)N1CCC[C@H](c2[nH]ncc2CN2CCOCC2)C1. The van der Waals surface area contributed by atoms with Gasteiger partial charge in [-0.2, -0.15) is 10.4 Å². The lowest BCUT2D eigenvalue weighted by Gasteiger charge is -2.37. The van der Waals surface area contributed by atoms with Crippen molar-refractivity contribution < 1.29 is 9.53 Å². The van der Waals surface area contributed by atoms with Crippen molar-refractivity contribution in [3.8, 4) is 6.07 Å². The fraction of sp³-hybridized carbons (Fsp3) is 0.750. The van der Waals surface area contributed by atoms with Gasteiger partial charge in [-0.1, -0.05) is 0 Å². The van der Waals surface area contributed by atoms with Crippen LogP contribution in [0.25, 0.3) is 0 Å². The molecule has 0 spiro atoms. The summed E-state index contributed by atoms with van der Waals surface area (Å²) in [6.45, 7) is 8.67. The summed E-state index contributed by atoms with van der Waals surface area (Å²) < 4.78 is 5.45. The Hall–Kier alpha value is -1.95. The fourth-order valence-electron chi connectivity index (χ4n) is 4.20. The molecule has 0 aliphatic carbocycles. The monoisotopic (exact) mass is 388 g/mol. The molecule has 0 aromatic carbocycles. The molecule has 2 aliphatic rings. The molecule has 2 fully saturated rings. The minimum Gasteiger partial charge on any atom is -0.379 e. The molecule has 0 saturated carbocycles. The molecule has 0 unspecified atom stereocenters. The average Bonchev–Trinajstić information content (AvgIpc) is 3.19. The van der Waals surface area contributed by atoms with Gasteiger partial charge in [0.05, 0.1) is 37.9 Å². The van der Waals surface area contributed by atoms with Crippen LogP contribution in [-0.4, -0.2) is 89.8 Å². The molecule has 3 heterocycles. The largest absolute Gasteiger partial charge is 0.379 e. The van der Waals surface area contributed by atoms with Crippen molar-refractivity contribution in [1.82, 2.24) is 24.9 Å². The molecule has 8 heteroatoms. The highest BCUT2D eigenvalue weighted by molar-refractivity contribution is 5.81. The topological polar surface area (TPSA) is 88.5 Å². The Morgan fingerprint density at radius 1 is 1.46 bits per heavy atom. The van der Waals surface area contributed by atoms with Gasteiger partial charge in [0.15, 0.2) is 0 Å². The lowest BCUT2D eigenvalue weighted by atomic mass is 9.91. The van der Waals surface area contributed by atoms with Gasteiger partial charge in [0.2, 0.25) is 5.91 Å². The number of ether oxygens (including phenoxy) is 1. The molecular weight excluding hydrogens is 356 g/mol. The zero-order valence-electron chi connectivity index (χ0n) is 17.1. The van der Waals surface area contributed by atoms with Crippen molar-refractivity contribution in [2.75, 3.05) is 53.0 Å². The van der Waals surface area contributed by atoms with E-state index < -0.39 is 0 Å². The first kappa shape index (κ1) is 20.8. The Bertz CT molecular complexity index is 678. The fourth-order valence-corrected chi connectivity index (χ4v) is 4.20. The Balaban J connectivity index is 1.61. The second kappa shape index (κ2) is 10.0. The second-order valence-corrected chi connectivity index (χ2v) is 7.88. The third kappa shape index (κ3) is 5.10. The lowest BCUT2D eigenvalue weighted by Crippen LogP contribution is -2.49. The minimum absolute atomic E-state index is 0.0917. The van der Waals surface area contributed by atoms with Gasteiger partial charge < -0.3 is 9.64 Å². The molecule has 28 heavy (non-hydrogen) atoms. The summed E-state index contributed by atoms with van der Waals surface area (Å²) in [5.74, 6) is 0.459. The maximum absolute atomic E-state index is 12.7. The van der Waals surface area contributed by atoms with Crippen LogP contribution < -0.4 is 0 Å². The first-order chi connectivity index (χ1) is 13.6. The highest BCUT2D eigenvalue weighted by atomic mass is 16.5. The predicted molar refractivity (Wildman–Crippen MR) is 106 cm³/mol. The van der Waals surface area contributed by atoms with E-state index in [2.05, 4.69) is 26.1 Å². The summed E-state index contributed by atoms with van der Waals surface area (Å²) >= 11 is 0. The van der Waals surface area contributed by atoms with E-state index >= 15 is 0 Å². The zero-order valence-corrected chi connectivity index (χ0v) is 17.1. The van der Waals surface area contributed by atoms with Crippen LogP contribution in [0.15, 0.2) is 6.20 Å². The van der Waals surface area contributed by atoms with E-state index in [0.717, 1.165) is 58.8 Å². The highest BCUT2D eigenvalue weighted by Gasteiger charge is 2.31. The smallest absolute Gasteiger partial charge is 0.239 e. The summed E-state index contributed by atoms with van der Waals surface area (Å²) in [4.78, 5) is 19.1. The number of aromatic nitrogens is 2. The number of likely N-dealkylation sites (N-methyl/N-ethyl adjacent to an activating group) is 1. The quantitative estimate of drug-likeness (QED) is 0.755. The minimum atomic E-state index is -0.169. The molecule has 2 aliphatic heterocycles. The van der Waals surface area contributed by atoms with Gasteiger partial charge in [0.1, 0.15) is 0 Å².